The van der Waals surface area contributed by atoms with Gasteiger partial charge in [-0.25, -0.2) is 9.59 Å². The number of nitrogens with one attached hydrogen (secondary N) is 2. The molecule has 23 heavy (non-hydrogen) atoms. The molecule has 1 atom stereocenters. The van der Waals surface area contributed by atoms with E-state index in [0.717, 1.165) is 12.0 Å². The Morgan fingerprint density at radius 2 is 1.91 bits per heavy atom. The van der Waals surface area contributed by atoms with E-state index in [1.54, 1.807) is 6.92 Å². The number of amides is 2. The Balaban J connectivity index is 2.31. The Morgan fingerprint density at radius 3 is 2.48 bits per heavy atom. The Bertz CT molecular complexity index is 618. The van der Waals surface area contributed by atoms with Gasteiger partial charge in [-0.15, -0.1) is 0 Å². The summed E-state index contributed by atoms with van der Waals surface area (Å²) in [6, 6.07) is 7.10. The first-order chi connectivity index (χ1) is 10.9. The second kappa shape index (κ2) is 7.31. The molecule has 0 aliphatic carbocycles. The van der Waals surface area contributed by atoms with Crippen LogP contribution in [0, 0.1) is 5.92 Å². The van der Waals surface area contributed by atoms with Crippen molar-refractivity contribution < 1.29 is 14.3 Å². The van der Waals surface area contributed by atoms with E-state index in [1.807, 2.05) is 38.1 Å². The highest BCUT2D eigenvalue weighted by atomic mass is 16.5. The Kier molecular flexibility index (Phi) is 5.42. The second-order valence-corrected chi connectivity index (χ2v) is 6.16. The van der Waals surface area contributed by atoms with E-state index in [4.69, 9.17) is 4.74 Å². The molecule has 0 fully saturated rings. The number of benzene rings is 1. The van der Waals surface area contributed by atoms with E-state index in [1.165, 1.54) is 5.56 Å². The largest absolute Gasteiger partial charge is 0.462 e. The molecule has 5 heteroatoms. The SMILES string of the molecule is CCc1ccc(C2NC(=O)NC(C)=C2C(=O)OCC(C)C)cc1. The third-order valence-electron chi connectivity index (χ3n) is 3.76. The smallest absolute Gasteiger partial charge is 0.338 e. The first kappa shape index (κ1) is 17.1. The van der Waals surface area contributed by atoms with Gasteiger partial charge in [0.15, 0.2) is 0 Å². The molecule has 1 aliphatic rings. The molecule has 124 valence electrons. The fraction of sp³-hybridized carbons (Fsp3) is 0.444. The van der Waals surface area contributed by atoms with Gasteiger partial charge in [0.1, 0.15) is 0 Å². The third-order valence-corrected chi connectivity index (χ3v) is 3.76. The fourth-order valence-corrected chi connectivity index (χ4v) is 2.48. The predicted octanol–water partition coefficient (Wildman–Crippen LogP) is 3.08. The van der Waals surface area contributed by atoms with Crippen molar-refractivity contribution in [1.29, 1.82) is 0 Å². The van der Waals surface area contributed by atoms with Gasteiger partial charge >= 0.3 is 12.0 Å². The van der Waals surface area contributed by atoms with Crippen LogP contribution in [0.15, 0.2) is 35.5 Å². The molecular weight excluding hydrogens is 292 g/mol. The van der Waals surface area contributed by atoms with E-state index in [0.29, 0.717) is 17.9 Å². The van der Waals surface area contributed by atoms with E-state index in [2.05, 4.69) is 17.6 Å². The number of carbonyl (C=O) groups excluding carboxylic acids is 2. The van der Waals surface area contributed by atoms with Gasteiger partial charge < -0.3 is 15.4 Å². The molecule has 2 N–H and O–H groups in total. The number of esters is 1. The van der Waals surface area contributed by atoms with Gasteiger partial charge in [0.25, 0.3) is 0 Å². The maximum Gasteiger partial charge on any atom is 0.338 e. The van der Waals surface area contributed by atoms with Gasteiger partial charge in [0, 0.05) is 5.70 Å². The molecule has 0 spiro atoms. The van der Waals surface area contributed by atoms with Crippen LogP contribution in [-0.2, 0) is 16.0 Å². The zero-order chi connectivity index (χ0) is 17.0. The van der Waals surface area contributed by atoms with Crippen LogP contribution < -0.4 is 10.6 Å². The van der Waals surface area contributed by atoms with Crippen molar-refractivity contribution in [2.75, 3.05) is 6.61 Å². The van der Waals surface area contributed by atoms with Gasteiger partial charge in [-0.1, -0.05) is 45.0 Å². The van der Waals surface area contributed by atoms with Gasteiger partial charge in [0.2, 0.25) is 0 Å². The third kappa shape index (κ3) is 4.12. The highest BCUT2D eigenvalue weighted by Crippen LogP contribution is 2.28. The summed E-state index contributed by atoms with van der Waals surface area (Å²) in [4.78, 5) is 24.3. The number of hydrogen-bond donors (Lipinski definition) is 2. The van der Waals surface area contributed by atoms with Gasteiger partial charge in [-0.05, 0) is 30.4 Å². The molecule has 1 heterocycles. The predicted molar refractivity (Wildman–Crippen MR) is 88.7 cm³/mol. The normalized spacial score (nSPS) is 17.8. The maximum absolute atomic E-state index is 12.5. The molecule has 1 aliphatic heterocycles. The number of urea groups is 1. The average molecular weight is 316 g/mol. The highest BCUT2D eigenvalue weighted by Gasteiger charge is 2.32. The first-order valence-electron chi connectivity index (χ1n) is 7.96. The van der Waals surface area contributed by atoms with Crippen LogP contribution >= 0.6 is 0 Å². The molecule has 0 saturated carbocycles. The first-order valence-corrected chi connectivity index (χ1v) is 7.96. The topological polar surface area (TPSA) is 67.4 Å². The molecular formula is C18H24N2O3. The summed E-state index contributed by atoms with van der Waals surface area (Å²) < 4.78 is 5.36. The lowest BCUT2D eigenvalue weighted by Crippen LogP contribution is -2.45. The van der Waals surface area contributed by atoms with Crippen molar-refractivity contribution >= 4 is 12.0 Å². The summed E-state index contributed by atoms with van der Waals surface area (Å²) in [5.74, 6) is -0.137. The molecule has 0 radical (unpaired) electrons. The minimum absolute atomic E-state index is 0.258. The minimum atomic E-state index is -0.491. The van der Waals surface area contributed by atoms with Crippen molar-refractivity contribution in [2.24, 2.45) is 5.92 Å². The molecule has 5 nitrogen and oxygen atoms in total. The molecule has 1 unspecified atom stereocenters. The van der Waals surface area contributed by atoms with Crippen molar-refractivity contribution in [1.82, 2.24) is 10.6 Å². The summed E-state index contributed by atoms with van der Waals surface area (Å²) in [7, 11) is 0. The standard InChI is InChI=1S/C18H24N2O3/c1-5-13-6-8-14(9-7-13)16-15(12(4)19-18(22)20-16)17(21)23-10-11(2)3/h6-9,11,16H,5,10H2,1-4H3,(H2,19,20,22). The van der Waals surface area contributed by atoms with Crippen LogP contribution in [0.3, 0.4) is 0 Å². The van der Waals surface area contributed by atoms with Crippen molar-refractivity contribution in [3.63, 3.8) is 0 Å². The zero-order valence-electron chi connectivity index (χ0n) is 14.1. The van der Waals surface area contributed by atoms with Gasteiger partial charge in [-0.2, -0.15) is 0 Å². The fourth-order valence-electron chi connectivity index (χ4n) is 2.48. The lowest BCUT2D eigenvalue weighted by Gasteiger charge is -2.28. The number of allylic oxidation sites excluding steroid dienone is 1. The van der Waals surface area contributed by atoms with Crippen LogP contribution in [0.5, 0.6) is 0 Å². The summed E-state index contributed by atoms with van der Waals surface area (Å²) in [5, 5.41) is 5.46. The number of hydrogen-bond acceptors (Lipinski definition) is 3. The zero-order valence-corrected chi connectivity index (χ0v) is 14.1. The van der Waals surface area contributed by atoms with Crippen molar-refractivity contribution in [2.45, 2.75) is 40.2 Å². The van der Waals surface area contributed by atoms with Crippen LogP contribution in [0.2, 0.25) is 0 Å². The number of ether oxygens (including phenoxy) is 1. The van der Waals surface area contributed by atoms with Crippen LogP contribution in [0.1, 0.15) is 44.9 Å². The van der Waals surface area contributed by atoms with Gasteiger partial charge in [0.05, 0.1) is 18.2 Å². The Labute approximate surface area is 137 Å². The lowest BCUT2D eigenvalue weighted by atomic mass is 9.94. The van der Waals surface area contributed by atoms with E-state index in [9.17, 15) is 9.59 Å². The molecule has 1 aromatic rings. The minimum Gasteiger partial charge on any atom is -0.462 e. The van der Waals surface area contributed by atoms with E-state index in [-0.39, 0.29) is 11.9 Å². The second-order valence-electron chi connectivity index (χ2n) is 6.16. The quantitative estimate of drug-likeness (QED) is 0.820. The molecule has 2 rings (SSSR count). The van der Waals surface area contributed by atoms with E-state index >= 15 is 0 Å². The van der Waals surface area contributed by atoms with Crippen LogP contribution in [-0.4, -0.2) is 18.6 Å². The van der Waals surface area contributed by atoms with Gasteiger partial charge in [-0.3, -0.25) is 0 Å². The summed E-state index contributed by atoms with van der Waals surface area (Å²) in [6.45, 7) is 8.12. The number of rotatable bonds is 5. The van der Waals surface area contributed by atoms with Crippen LogP contribution in [0.4, 0.5) is 4.79 Å². The maximum atomic E-state index is 12.5. The number of aryl methyl sites for hydroxylation is 1. The summed E-state index contributed by atoms with van der Waals surface area (Å²) >= 11 is 0. The Hall–Kier alpha value is -2.30. The molecule has 1 aromatic carbocycles. The molecule has 0 saturated heterocycles. The molecule has 0 aromatic heterocycles. The monoisotopic (exact) mass is 316 g/mol. The molecule has 0 bridgehead atoms. The number of carbonyl (C=O) groups is 2. The Morgan fingerprint density at radius 1 is 1.26 bits per heavy atom. The molecule has 2 amide bonds. The average Bonchev–Trinajstić information content (AvgIpc) is 2.52. The van der Waals surface area contributed by atoms with E-state index < -0.39 is 12.0 Å². The summed E-state index contributed by atoms with van der Waals surface area (Å²) in [5.41, 5.74) is 3.06. The van der Waals surface area contributed by atoms with Crippen molar-refractivity contribution in [3.05, 3.63) is 46.7 Å². The highest BCUT2D eigenvalue weighted by molar-refractivity contribution is 5.95. The summed E-state index contributed by atoms with van der Waals surface area (Å²) in [6.07, 6.45) is 0.941. The van der Waals surface area contributed by atoms with Crippen molar-refractivity contribution in [3.8, 4) is 0 Å². The lowest BCUT2D eigenvalue weighted by molar-refractivity contribution is -0.140. The van der Waals surface area contributed by atoms with Crippen LogP contribution in [0.25, 0.3) is 0 Å².